The number of allylic oxidation sites excluding steroid dienone is 2. The molecule has 26 heteroatoms. The van der Waals surface area contributed by atoms with Crippen molar-refractivity contribution < 1.29 is 116 Å². The van der Waals surface area contributed by atoms with Gasteiger partial charge in [-0.25, -0.2) is 16.8 Å². The number of carbonyl (C=O) groups excluding carboxylic acids is 4. The molecule has 6 aromatic carbocycles. The molecular formula is C46H36CoN8NaO14S2. The van der Waals surface area contributed by atoms with Gasteiger partial charge in [0.15, 0.2) is 0 Å². The Morgan fingerprint density at radius 3 is 1.12 bits per heavy atom. The summed E-state index contributed by atoms with van der Waals surface area (Å²) in [6, 6.07) is 32.4. The van der Waals surface area contributed by atoms with E-state index in [0.717, 1.165) is 62.4 Å². The van der Waals surface area contributed by atoms with Crippen molar-refractivity contribution in [1.29, 1.82) is 0 Å². The maximum atomic E-state index is 12.8. The molecule has 0 aliphatic carbocycles. The summed E-state index contributed by atoms with van der Waals surface area (Å²) in [5.74, 6) is -7.85. The van der Waals surface area contributed by atoms with E-state index in [1.165, 1.54) is 36.4 Å². The second kappa shape index (κ2) is 26.3. The number of nitrogens with zero attached hydrogens (tertiary/aromatic N) is 4. The van der Waals surface area contributed by atoms with E-state index in [0.29, 0.717) is 11.4 Å². The molecule has 0 saturated heterocycles. The Morgan fingerprint density at radius 1 is 0.486 bits per heavy atom. The molecule has 0 aliphatic heterocycles. The van der Waals surface area contributed by atoms with E-state index in [1.807, 2.05) is 0 Å². The zero-order chi connectivity index (χ0) is 51.2. The number of amides is 2. The van der Waals surface area contributed by atoms with Gasteiger partial charge in [-0.3, -0.25) is 19.0 Å². The number of hydrogen-bond donors (Lipinski definition) is 4. The molecule has 72 heavy (non-hydrogen) atoms. The van der Waals surface area contributed by atoms with Crippen molar-refractivity contribution in [3.05, 3.63) is 180 Å². The number of rotatable bonds is 16. The number of aromatic carboxylic acids is 2. The monoisotopic (exact) mass is 1070 g/mol. The summed E-state index contributed by atoms with van der Waals surface area (Å²) < 4.78 is 55.3. The second-order valence-electron chi connectivity index (χ2n) is 14.0. The van der Waals surface area contributed by atoms with Gasteiger partial charge in [0, 0.05) is 22.5 Å². The quantitative estimate of drug-likeness (QED) is 0.0419. The number of azo groups is 2. The molecule has 6 rings (SSSR count). The third-order valence-corrected chi connectivity index (χ3v) is 11.7. The zero-order valence-electron chi connectivity index (χ0n) is 39.5. The Hall–Kier alpha value is -7.91. The van der Waals surface area contributed by atoms with Crippen molar-refractivity contribution in [2.75, 3.05) is 20.1 Å². The first kappa shape index (κ1) is 58.4. The zero-order valence-corrected chi connectivity index (χ0v) is 42.2. The number of hydrogen-bond acceptors (Lipinski definition) is 18. The van der Waals surface area contributed by atoms with Gasteiger partial charge in [0.05, 0.1) is 44.5 Å². The van der Waals surface area contributed by atoms with E-state index >= 15 is 0 Å². The normalized spacial score (nSPS) is 11.8. The van der Waals surface area contributed by atoms with Crippen LogP contribution < -0.4 is 80.3 Å². The van der Waals surface area contributed by atoms with Crippen LogP contribution >= 0.6 is 0 Å². The minimum atomic E-state index is -4.36. The second-order valence-corrected chi connectivity index (χ2v) is 17.4. The van der Waals surface area contributed by atoms with Crippen LogP contribution in [0.4, 0.5) is 34.1 Å². The largest absolute Gasteiger partial charge is 3.00 e. The molecular weight excluding hydrogens is 1030 g/mol. The van der Waals surface area contributed by atoms with Gasteiger partial charge in [0.1, 0.15) is 11.4 Å². The van der Waals surface area contributed by atoms with E-state index in [2.05, 4.69) is 40.5 Å². The summed E-state index contributed by atoms with van der Waals surface area (Å²) in [6.45, 7) is 2.16. The number of carboxylic acid groups (broad SMARTS) is 2. The Kier molecular flexibility index (Phi) is 21.4. The molecule has 0 heterocycles. The van der Waals surface area contributed by atoms with Gasteiger partial charge in [-0.15, -0.1) is 21.7 Å². The maximum absolute atomic E-state index is 12.8. The SMILES string of the molecule is C/C([O-])=C(/N=Nc1cc(S(=O)(=O)Nc2ccccc2C(=O)[O-])ccc1[O-])C(=O)Nc1ccccc1.C/C([O-])=C(\N=Nc1cc(S(=O)(=O)Nc2ccccc2C(=O)[O-])ccc1[O-])C(=O)Nc1ccccc1.[Co+3].[H+].[H+].[Na+]. The molecule has 22 nitrogen and oxygen atoms in total. The van der Waals surface area contributed by atoms with E-state index in [4.69, 9.17) is 0 Å². The van der Waals surface area contributed by atoms with Crippen LogP contribution in [0.15, 0.2) is 199 Å². The third-order valence-electron chi connectivity index (χ3n) is 8.94. The van der Waals surface area contributed by atoms with Gasteiger partial charge in [-0.1, -0.05) is 110 Å². The van der Waals surface area contributed by atoms with Crippen molar-refractivity contribution in [1.82, 2.24) is 0 Å². The van der Waals surface area contributed by atoms with Crippen LogP contribution in [0.5, 0.6) is 11.5 Å². The standard InChI is InChI=1S/2C23H20N4O7S.Co.Na/c2*1-14(28)21(22(30)24-15-7-3-2-4-8-15)26-25-19-13-16(11-12-20(19)29)35(33,34)27-18-10-6-5-9-17(18)23(31)32;;/h2*2-13,27-29H,1H3,(H,24,30)(H,31,32);;/q;;+3;+1/p-4/b21-14+,26-25?;21-14-,26-25?;;. The van der Waals surface area contributed by atoms with Crippen molar-refractivity contribution in [3.8, 4) is 11.5 Å². The fraction of sp³-hybridized carbons (Fsp3) is 0.0435. The summed E-state index contributed by atoms with van der Waals surface area (Å²) in [5, 5.41) is 90.0. The molecule has 4 N–H and O–H groups in total. The number of benzene rings is 6. The summed E-state index contributed by atoms with van der Waals surface area (Å²) in [6.07, 6.45) is 0. The molecule has 0 bridgehead atoms. The van der Waals surface area contributed by atoms with Crippen LogP contribution in [-0.2, 0) is 46.4 Å². The number of carboxylic acids is 2. The van der Waals surface area contributed by atoms with Crippen LogP contribution in [0.1, 0.15) is 37.4 Å². The topological polar surface area (TPSA) is 372 Å². The van der Waals surface area contributed by atoms with Crippen LogP contribution in [0, 0.1) is 0 Å². The molecule has 0 unspecified atom stereocenters. The summed E-state index contributed by atoms with van der Waals surface area (Å²) in [4.78, 5) is 46.4. The fourth-order valence-electron chi connectivity index (χ4n) is 5.58. The van der Waals surface area contributed by atoms with Crippen molar-refractivity contribution >= 4 is 77.9 Å². The van der Waals surface area contributed by atoms with Gasteiger partial charge in [-0.05, 0) is 60.7 Å². The van der Waals surface area contributed by atoms with E-state index < -0.39 is 99.4 Å². The molecule has 0 aromatic heterocycles. The van der Waals surface area contributed by atoms with Crippen molar-refractivity contribution in [2.24, 2.45) is 20.5 Å². The predicted octanol–water partition coefficient (Wildman–Crippen LogP) is -0.296. The molecule has 0 radical (unpaired) electrons. The van der Waals surface area contributed by atoms with Crippen molar-refractivity contribution in [2.45, 2.75) is 23.6 Å². The minimum Gasteiger partial charge on any atom is -0.874 e. The molecule has 366 valence electrons. The molecule has 2 amide bonds. The average molecular weight is 1070 g/mol. The number of sulfonamides is 2. The maximum Gasteiger partial charge on any atom is 3.00 e. The van der Waals surface area contributed by atoms with Gasteiger partial charge in [-0.2, -0.15) is 10.2 Å². The summed E-state index contributed by atoms with van der Waals surface area (Å²) >= 11 is 0. The number of nitrogens with one attached hydrogen (secondary N) is 4. The third kappa shape index (κ3) is 16.1. The van der Waals surface area contributed by atoms with Gasteiger partial charge in [0.2, 0.25) is 0 Å². The first-order valence-electron chi connectivity index (χ1n) is 19.8. The first-order chi connectivity index (χ1) is 33.2. The average Bonchev–Trinajstić information content (AvgIpc) is 3.30. The number of anilines is 4. The van der Waals surface area contributed by atoms with Gasteiger partial charge >= 0.3 is 49.2 Å². The van der Waals surface area contributed by atoms with Crippen molar-refractivity contribution in [3.63, 3.8) is 0 Å². The van der Waals surface area contributed by atoms with Gasteiger partial charge in [0.25, 0.3) is 31.9 Å². The number of para-hydroxylation sites is 4. The smallest absolute Gasteiger partial charge is 0.874 e. The Morgan fingerprint density at radius 2 is 0.806 bits per heavy atom. The van der Waals surface area contributed by atoms with Crippen LogP contribution in [-0.4, -0.2) is 40.6 Å². The predicted molar refractivity (Wildman–Crippen MR) is 242 cm³/mol. The molecule has 0 aliphatic rings. The van der Waals surface area contributed by atoms with Crippen LogP contribution in [0.25, 0.3) is 0 Å². The Bertz CT molecular complexity index is 3110. The first-order valence-corrected chi connectivity index (χ1v) is 22.7. The van der Waals surface area contributed by atoms with E-state index in [-0.39, 0.29) is 71.7 Å². The van der Waals surface area contributed by atoms with Crippen LogP contribution in [0.2, 0.25) is 0 Å². The fourth-order valence-corrected chi connectivity index (χ4v) is 7.77. The minimum absolute atomic E-state index is 0. The molecule has 0 saturated carbocycles. The van der Waals surface area contributed by atoms with E-state index in [1.54, 1.807) is 60.7 Å². The van der Waals surface area contributed by atoms with Gasteiger partial charge < -0.3 is 50.9 Å². The number of carbonyl (C=O) groups is 4. The van der Waals surface area contributed by atoms with E-state index in [9.17, 15) is 66.7 Å². The Labute approximate surface area is 446 Å². The van der Waals surface area contributed by atoms with Crippen LogP contribution in [0.3, 0.4) is 0 Å². The summed E-state index contributed by atoms with van der Waals surface area (Å²) in [5.41, 5.74) is -2.62. The molecule has 0 atom stereocenters. The molecule has 0 fully saturated rings. The molecule has 6 aromatic rings. The Balaban J connectivity index is 0.000000702. The molecule has 0 spiro atoms. The summed E-state index contributed by atoms with van der Waals surface area (Å²) in [7, 11) is -8.71.